The first-order valence-electron chi connectivity index (χ1n) is 7.21. The van der Waals surface area contributed by atoms with E-state index in [2.05, 4.69) is 10.3 Å². The van der Waals surface area contributed by atoms with Crippen LogP contribution in [-0.2, 0) is 11.0 Å². The molecule has 0 spiro atoms. The Morgan fingerprint density at radius 3 is 2.50 bits per heavy atom. The zero-order chi connectivity index (χ0) is 19.5. The summed E-state index contributed by atoms with van der Waals surface area (Å²) >= 11 is 5.73. The Morgan fingerprint density at radius 1 is 1.27 bits per heavy atom. The highest BCUT2D eigenvalue weighted by atomic mass is 35.5. The number of rotatable bonds is 6. The van der Waals surface area contributed by atoms with E-state index < -0.39 is 42.2 Å². The molecule has 1 unspecified atom stereocenters. The van der Waals surface area contributed by atoms with Crippen LogP contribution in [0, 0.1) is 5.82 Å². The predicted molar refractivity (Wildman–Crippen MR) is 84.1 cm³/mol. The lowest BCUT2D eigenvalue weighted by Gasteiger charge is -2.21. The zero-order valence-electron chi connectivity index (χ0n) is 13.0. The number of carboxylic acid groups (broad SMARTS) is 1. The third-order valence-electron chi connectivity index (χ3n) is 3.43. The van der Waals surface area contributed by atoms with Crippen molar-refractivity contribution in [3.63, 3.8) is 0 Å². The van der Waals surface area contributed by atoms with Gasteiger partial charge >= 0.3 is 12.1 Å². The van der Waals surface area contributed by atoms with Gasteiger partial charge in [-0.05, 0) is 35.9 Å². The Hall–Kier alpha value is -2.23. The summed E-state index contributed by atoms with van der Waals surface area (Å²) in [7, 11) is 0. The molecule has 0 fully saturated rings. The molecule has 2 aromatic rings. The number of carbonyl (C=O) groups is 1. The lowest BCUT2D eigenvalue weighted by molar-refractivity contribution is -0.146. The summed E-state index contributed by atoms with van der Waals surface area (Å²) in [6, 6.07) is 3.67. The molecule has 0 bridgehead atoms. The first-order chi connectivity index (χ1) is 12.1. The molecule has 0 radical (unpaired) electrons. The largest absolute Gasteiger partial charge is 0.479 e. The van der Waals surface area contributed by atoms with Gasteiger partial charge in [-0.2, -0.15) is 13.2 Å². The number of aliphatic hydroxyl groups is 1. The van der Waals surface area contributed by atoms with Crippen LogP contribution in [0.2, 0.25) is 5.02 Å². The van der Waals surface area contributed by atoms with E-state index >= 15 is 0 Å². The number of carboxylic acids is 1. The summed E-state index contributed by atoms with van der Waals surface area (Å²) in [4.78, 5) is 14.7. The Morgan fingerprint density at radius 2 is 1.96 bits per heavy atom. The van der Waals surface area contributed by atoms with Gasteiger partial charge in [-0.15, -0.1) is 0 Å². The number of benzene rings is 1. The van der Waals surface area contributed by atoms with Gasteiger partial charge in [0.1, 0.15) is 5.82 Å². The summed E-state index contributed by atoms with van der Waals surface area (Å²) < 4.78 is 52.6. The first kappa shape index (κ1) is 20.1. The van der Waals surface area contributed by atoms with E-state index in [1.807, 2.05) is 0 Å². The highest BCUT2D eigenvalue weighted by molar-refractivity contribution is 6.30. The van der Waals surface area contributed by atoms with Gasteiger partial charge in [-0.25, -0.2) is 9.18 Å². The fraction of sp³-hybridized carbons (Fsp3) is 0.250. The molecule has 3 N–H and O–H groups in total. The Labute approximate surface area is 150 Å². The van der Waals surface area contributed by atoms with Crippen molar-refractivity contribution in [2.45, 2.75) is 18.3 Å². The normalized spacial score (nSPS) is 14.1. The van der Waals surface area contributed by atoms with Gasteiger partial charge in [0.2, 0.25) is 0 Å². The monoisotopic (exact) mass is 392 g/mol. The minimum Gasteiger partial charge on any atom is -0.479 e. The third-order valence-corrected chi connectivity index (χ3v) is 3.65. The fourth-order valence-corrected chi connectivity index (χ4v) is 2.32. The molecule has 0 aliphatic rings. The SMILES string of the molecule is O=C(O)C(O)CN[C@@H](c1cc(F)cc(C(F)(F)F)c1)c1ccc(Cl)cn1. The quantitative estimate of drug-likeness (QED) is 0.658. The summed E-state index contributed by atoms with van der Waals surface area (Å²) in [6.07, 6.45) is -5.33. The van der Waals surface area contributed by atoms with Crippen LogP contribution in [0.3, 0.4) is 0 Å². The van der Waals surface area contributed by atoms with Gasteiger partial charge in [0, 0.05) is 12.7 Å². The standard InChI is InChI=1S/C16H13ClF4N2O3/c17-10-1-2-12(22-6-10)14(23-7-13(24)15(25)26)8-3-9(16(19,20)21)5-11(18)4-8/h1-6,13-14,23-24H,7H2,(H,25,26)/t13?,14-/m0/s1. The molecule has 0 saturated carbocycles. The number of aliphatic carboxylic acids is 1. The topological polar surface area (TPSA) is 82.5 Å². The number of aliphatic hydroxyl groups excluding tert-OH is 1. The van der Waals surface area contributed by atoms with E-state index in [0.29, 0.717) is 6.07 Å². The minimum atomic E-state index is -4.77. The molecule has 0 amide bonds. The Balaban J connectivity index is 2.44. The second-order valence-corrected chi connectivity index (χ2v) is 5.80. The van der Waals surface area contributed by atoms with Gasteiger partial charge in [-0.3, -0.25) is 4.98 Å². The summed E-state index contributed by atoms with van der Waals surface area (Å²) in [5.74, 6) is -2.63. The molecular weight excluding hydrogens is 380 g/mol. The van der Waals surface area contributed by atoms with E-state index in [1.165, 1.54) is 18.3 Å². The molecule has 10 heteroatoms. The summed E-state index contributed by atoms with van der Waals surface area (Å²) in [5.41, 5.74) is -1.16. The number of nitrogens with zero attached hydrogens (tertiary/aromatic N) is 1. The highest BCUT2D eigenvalue weighted by Crippen LogP contribution is 2.33. The maximum absolute atomic E-state index is 13.7. The fourth-order valence-electron chi connectivity index (χ4n) is 2.21. The number of halogens is 5. The first-order valence-corrected chi connectivity index (χ1v) is 7.59. The van der Waals surface area contributed by atoms with E-state index in [0.717, 1.165) is 12.1 Å². The van der Waals surface area contributed by atoms with Crippen LogP contribution in [-0.4, -0.2) is 33.8 Å². The van der Waals surface area contributed by atoms with E-state index in [1.54, 1.807) is 0 Å². The van der Waals surface area contributed by atoms with Gasteiger partial charge in [0.15, 0.2) is 6.10 Å². The van der Waals surface area contributed by atoms with Crippen LogP contribution >= 0.6 is 11.6 Å². The van der Waals surface area contributed by atoms with E-state index in [4.69, 9.17) is 16.7 Å². The second kappa shape index (κ2) is 7.98. The Bertz CT molecular complexity index is 784. The Kier molecular flexibility index (Phi) is 6.17. The van der Waals surface area contributed by atoms with Crippen molar-refractivity contribution in [2.75, 3.05) is 6.54 Å². The van der Waals surface area contributed by atoms with Gasteiger partial charge in [-0.1, -0.05) is 11.6 Å². The van der Waals surface area contributed by atoms with Crippen LogP contribution < -0.4 is 5.32 Å². The average molecular weight is 393 g/mol. The van der Waals surface area contributed by atoms with Crippen molar-refractivity contribution in [2.24, 2.45) is 0 Å². The summed E-state index contributed by atoms with van der Waals surface area (Å²) in [5, 5.41) is 21.0. The number of pyridine rings is 1. The number of nitrogens with one attached hydrogen (secondary N) is 1. The molecule has 0 saturated heterocycles. The molecule has 2 atom stereocenters. The maximum Gasteiger partial charge on any atom is 0.416 e. The lowest BCUT2D eigenvalue weighted by Crippen LogP contribution is -2.36. The van der Waals surface area contributed by atoms with Crippen molar-refractivity contribution < 1.29 is 32.6 Å². The van der Waals surface area contributed by atoms with Crippen LogP contribution in [0.1, 0.15) is 22.9 Å². The smallest absolute Gasteiger partial charge is 0.416 e. The molecule has 0 aliphatic carbocycles. The molecule has 140 valence electrons. The predicted octanol–water partition coefficient (Wildman–Crippen LogP) is 3.02. The van der Waals surface area contributed by atoms with E-state index in [-0.39, 0.29) is 16.3 Å². The van der Waals surface area contributed by atoms with Gasteiger partial charge in [0.05, 0.1) is 22.3 Å². The van der Waals surface area contributed by atoms with Crippen molar-refractivity contribution in [3.05, 3.63) is 64.2 Å². The maximum atomic E-state index is 13.7. The number of hydrogen-bond donors (Lipinski definition) is 3. The van der Waals surface area contributed by atoms with E-state index in [9.17, 15) is 27.5 Å². The molecule has 1 aromatic heterocycles. The van der Waals surface area contributed by atoms with Crippen molar-refractivity contribution in [1.82, 2.24) is 10.3 Å². The van der Waals surface area contributed by atoms with Crippen LogP contribution in [0.5, 0.6) is 0 Å². The van der Waals surface area contributed by atoms with Gasteiger partial charge in [0.25, 0.3) is 0 Å². The molecule has 1 aromatic carbocycles. The summed E-state index contributed by atoms with van der Waals surface area (Å²) in [6.45, 7) is -0.498. The molecule has 2 rings (SSSR count). The molecule has 26 heavy (non-hydrogen) atoms. The van der Waals surface area contributed by atoms with Crippen LogP contribution in [0.4, 0.5) is 17.6 Å². The number of alkyl halides is 3. The van der Waals surface area contributed by atoms with Crippen molar-refractivity contribution >= 4 is 17.6 Å². The van der Waals surface area contributed by atoms with Crippen molar-refractivity contribution in [3.8, 4) is 0 Å². The third kappa shape index (κ3) is 5.13. The van der Waals surface area contributed by atoms with Crippen LogP contribution in [0.25, 0.3) is 0 Å². The highest BCUT2D eigenvalue weighted by Gasteiger charge is 2.32. The lowest BCUT2D eigenvalue weighted by atomic mass is 9.99. The molecule has 1 heterocycles. The number of aromatic nitrogens is 1. The minimum absolute atomic E-state index is 0.135. The molecule has 0 aliphatic heterocycles. The second-order valence-electron chi connectivity index (χ2n) is 5.37. The van der Waals surface area contributed by atoms with Crippen LogP contribution in [0.15, 0.2) is 36.5 Å². The molecule has 5 nitrogen and oxygen atoms in total. The molecular formula is C16H13ClF4N2O3. The zero-order valence-corrected chi connectivity index (χ0v) is 13.7. The van der Waals surface area contributed by atoms with Gasteiger partial charge < -0.3 is 15.5 Å². The van der Waals surface area contributed by atoms with Crippen molar-refractivity contribution in [1.29, 1.82) is 0 Å². The average Bonchev–Trinajstić information content (AvgIpc) is 2.55. The number of hydrogen-bond acceptors (Lipinski definition) is 4.